The number of nitrogens with one attached hydrogen (secondary N) is 1. The fraction of sp³-hybridized carbons (Fsp3) is 0. The lowest BCUT2D eigenvalue weighted by Crippen LogP contribution is -2.13. The van der Waals surface area contributed by atoms with E-state index in [0.29, 0.717) is 16.3 Å². The molecule has 0 fully saturated rings. The second-order valence-corrected chi connectivity index (χ2v) is 10.4. The highest BCUT2D eigenvalue weighted by atomic mass is 35.5. The van der Waals surface area contributed by atoms with Gasteiger partial charge >= 0.3 is 0 Å². The molecule has 0 aliphatic heterocycles. The summed E-state index contributed by atoms with van der Waals surface area (Å²) < 4.78 is 29.9. The Bertz CT molecular complexity index is 1340. The summed E-state index contributed by atoms with van der Waals surface area (Å²) in [6.45, 7) is 0. The largest absolute Gasteiger partial charge is 0.278 e. The SMILES string of the molecule is N#Cc1ccc(S(=O)(=O)Nc2ccccc2Sc2nc3ccc(Cl)cc3s2)cc1. The van der Waals surface area contributed by atoms with E-state index < -0.39 is 10.0 Å². The van der Waals surface area contributed by atoms with E-state index in [9.17, 15) is 8.42 Å². The maximum atomic E-state index is 12.8. The molecule has 0 saturated heterocycles. The van der Waals surface area contributed by atoms with Gasteiger partial charge in [-0.25, -0.2) is 13.4 Å². The van der Waals surface area contributed by atoms with Crippen LogP contribution < -0.4 is 4.72 Å². The van der Waals surface area contributed by atoms with E-state index >= 15 is 0 Å². The van der Waals surface area contributed by atoms with E-state index in [-0.39, 0.29) is 4.90 Å². The number of fused-ring (bicyclic) bond motifs is 1. The molecule has 1 aromatic heterocycles. The van der Waals surface area contributed by atoms with Crippen LogP contribution in [0.5, 0.6) is 0 Å². The Kier molecular flexibility index (Phi) is 5.48. The highest BCUT2D eigenvalue weighted by Gasteiger charge is 2.17. The van der Waals surface area contributed by atoms with Crippen LogP contribution in [0.1, 0.15) is 5.56 Å². The van der Waals surface area contributed by atoms with Gasteiger partial charge in [-0.2, -0.15) is 5.26 Å². The zero-order chi connectivity index (χ0) is 20.4. The van der Waals surface area contributed by atoms with Crippen LogP contribution in [0.15, 0.2) is 80.9 Å². The number of anilines is 1. The highest BCUT2D eigenvalue weighted by molar-refractivity contribution is 8.01. The molecule has 5 nitrogen and oxygen atoms in total. The van der Waals surface area contributed by atoms with Crippen molar-refractivity contribution in [2.75, 3.05) is 4.72 Å². The second kappa shape index (κ2) is 8.05. The van der Waals surface area contributed by atoms with Crippen molar-refractivity contribution in [3.05, 3.63) is 77.3 Å². The fourth-order valence-corrected chi connectivity index (χ4v) is 6.10. The van der Waals surface area contributed by atoms with E-state index in [1.165, 1.54) is 47.4 Å². The van der Waals surface area contributed by atoms with Gasteiger partial charge in [0.15, 0.2) is 4.34 Å². The number of aromatic nitrogens is 1. The van der Waals surface area contributed by atoms with Gasteiger partial charge in [0.05, 0.1) is 32.4 Å². The van der Waals surface area contributed by atoms with Crippen LogP contribution in [-0.2, 0) is 10.0 Å². The number of para-hydroxylation sites is 1. The molecule has 4 rings (SSSR count). The second-order valence-electron chi connectivity index (χ2n) is 5.93. The van der Waals surface area contributed by atoms with Crippen LogP contribution in [0, 0.1) is 11.3 Å². The monoisotopic (exact) mass is 457 g/mol. The maximum Gasteiger partial charge on any atom is 0.261 e. The third-order valence-corrected chi connectivity index (χ3v) is 7.72. The van der Waals surface area contributed by atoms with Crippen LogP contribution >= 0.6 is 34.7 Å². The van der Waals surface area contributed by atoms with Crippen molar-refractivity contribution in [3.63, 3.8) is 0 Å². The van der Waals surface area contributed by atoms with E-state index in [1.807, 2.05) is 30.3 Å². The summed E-state index contributed by atoms with van der Waals surface area (Å²) in [6, 6.07) is 20.4. The van der Waals surface area contributed by atoms with Gasteiger partial charge < -0.3 is 0 Å². The molecule has 0 aliphatic rings. The van der Waals surface area contributed by atoms with Crippen molar-refractivity contribution in [1.29, 1.82) is 5.26 Å². The summed E-state index contributed by atoms with van der Waals surface area (Å²) >= 11 is 8.92. The maximum absolute atomic E-state index is 12.8. The first kappa shape index (κ1) is 19.7. The van der Waals surface area contributed by atoms with Crippen LogP contribution in [0.25, 0.3) is 10.2 Å². The minimum absolute atomic E-state index is 0.0888. The Labute approximate surface area is 181 Å². The number of nitriles is 1. The van der Waals surface area contributed by atoms with Crippen molar-refractivity contribution in [3.8, 4) is 6.07 Å². The standard InChI is InChI=1S/C20H12ClN3O2S3/c21-14-7-10-16-19(11-14)28-20(23-16)27-18-4-2-1-3-17(18)24-29(25,26)15-8-5-13(12-22)6-9-15/h1-11,24H. The minimum Gasteiger partial charge on any atom is -0.278 e. The van der Waals surface area contributed by atoms with E-state index in [0.717, 1.165) is 19.5 Å². The van der Waals surface area contributed by atoms with Crippen LogP contribution in [-0.4, -0.2) is 13.4 Å². The predicted octanol–water partition coefficient (Wildman–Crippen LogP) is 5.77. The normalized spacial score (nSPS) is 11.3. The molecule has 0 unspecified atom stereocenters. The number of hydrogen-bond donors (Lipinski definition) is 1. The van der Waals surface area contributed by atoms with Crippen LogP contribution in [0.4, 0.5) is 5.69 Å². The summed E-state index contributed by atoms with van der Waals surface area (Å²) in [4.78, 5) is 5.40. The Morgan fingerprint density at radius 1 is 1.07 bits per heavy atom. The zero-order valence-electron chi connectivity index (χ0n) is 14.7. The van der Waals surface area contributed by atoms with Gasteiger partial charge in [-0.15, -0.1) is 11.3 Å². The first-order chi connectivity index (χ1) is 13.9. The van der Waals surface area contributed by atoms with Crippen molar-refractivity contribution in [2.24, 2.45) is 0 Å². The molecule has 0 saturated carbocycles. The molecule has 0 aliphatic carbocycles. The van der Waals surface area contributed by atoms with Gasteiger partial charge in [-0.1, -0.05) is 35.5 Å². The van der Waals surface area contributed by atoms with Gasteiger partial charge in [0.25, 0.3) is 10.0 Å². The zero-order valence-corrected chi connectivity index (χ0v) is 17.9. The summed E-state index contributed by atoms with van der Waals surface area (Å²) in [7, 11) is -3.79. The molecule has 1 heterocycles. The number of nitrogens with zero attached hydrogens (tertiary/aromatic N) is 2. The number of rotatable bonds is 5. The van der Waals surface area contributed by atoms with Gasteiger partial charge in [-0.05, 0) is 54.6 Å². The fourth-order valence-electron chi connectivity index (χ4n) is 2.57. The van der Waals surface area contributed by atoms with E-state index in [2.05, 4.69) is 9.71 Å². The van der Waals surface area contributed by atoms with Gasteiger partial charge in [0, 0.05) is 9.92 Å². The molecule has 0 atom stereocenters. The smallest absolute Gasteiger partial charge is 0.261 e. The number of thiazole rings is 1. The number of sulfonamides is 1. The molecule has 9 heteroatoms. The van der Waals surface area contributed by atoms with Crippen molar-refractivity contribution in [1.82, 2.24) is 4.98 Å². The third kappa shape index (κ3) is 4.38. The average molecular weight is 458 g/mol. The molecule has 0 amide bonds. The third-order valence-electron chi connectivity index (χ3n) is 3.95. The molecule has 0 bridgehead atoms. The summed E-state index contributed by atoms with van der Waals surface area (Å²) in [5, 5.41) is 9.53. The lowest BCUT2D eigenvalue weighted by Gasteiger charge is -2.11. The van der Waals surface area contributed by atoms with Gasteiger partial charge in [-0.3, -0.25) is 4.72 Å². The topological polar surface area (TPSA) is 82.8 Å². The molecule has 3 aromatic carbocycles. The molecule has 0 radical (unpaired) electrons. The number of halogens is 1. The van der Waals surface area contributed by atoms with Gasteiger partial charge in [0.2, 0.25) is 0 Å². The molecule has 0 spiro atoms. The first-order valence-corrected chi connectivity index (χ1v) is 11.8. The summed E-state index contributed by atoms with van der Waals surface area (Å²) in [5.41, 5.74) is 1.70. The summed E-state index contributed by atoms with van der Waals surface area (Å²) in [5.74, 6) is 0. The molecule has 4 aromatic rings. The predicted molar refractivity (Wildman–Crippen MR) is 117 cm³/mol. The molecule has 29 heavy (non-hydrogen) atoms. The lowest BCUT2D eigenvalue weighted by molar-refractivity contribution is 0.601. The molecular weight excluding hydrogens is 446 g/mol. The first-order valence-electron chi connectivity index (χ1n) is 8.30. The minimum atomic E-state index is -3.79. The number of hydrogen-bond acceptors (Lipinski definition) is 6. The quantitative estimate of drug-likeness (QED) is 0.411. The van der Waals surface area contributed by atoms with Gasteiger partial charge in [0.1, 0.15) is 0 Å². The number of benzene rings is 3. The lowest BCUT2D eigenvalue weighted by atomic mass is 10.2. The van der Waals surface area contributed by atoms with Crippen molar-refractivity contribution >= 4 is 60.6 Å². The molecule has 1 N–H and O–H groups in total. The van der Waals surface area contributed by atoms with Crippen molar-refractivity contribution < 1.29 is 8.42 Å². The average Bonchev–Trinajstić information content (AvgIpc) is 3.10. The Balaban J connectivity index is 1.62. The van der Waals surface area contributed by atoms with Crippen molar-refractivity contribution in [2.45, 2.75) is 14.1 Å². The Hall–Kier alpha value is -2.57. The Morgan fingerprint density at radius 3 is 2.59 bits per heavy atom. The highest BCUT2D eigenvalue weighted by Crippen LogP contribution is 2.38. The summed E-state index contributed by atoms with van der Waals surface area (Å²) in [6.07, 6.45) is 0. The van der Waals surface area contributed by atoms with Crippen LogP contribution in [0.3, 0.4) is 0 Å². The van der Waals surface area contributed by atoms with E-state index in [1.54, 1.807) is 18.2 Å². The van der Waals surface area contributed by atoms with E-state index in [4.69, 9.17) is 16.9 Å². The molecule has 144 valence electrons. The molecular formula is C20H12ClN3O2S3. The Morgan fingerprint density at radius 2 is 1.83 bits per heavy atom. The van der Waals surface area contributed by atoms with Crippen LogP contribution in [0.2, 0.25) is 5.02 Å².